The Kier molecular flexibility index (Phi) is 9.08. The molecule has 1 heterocycles. The van der Waals surface area contributed by atoms with Gasteiger partial charge in [0.15, 0.2) is 0 Å². The van der Waals surface area contributed by atoms with Gasteiger partial charge in [-0.3, -0.25) is 9.59 Å². The van der Waals surface area contributed by atoms with E-state index < -0.39 is 60.5 Å². The zero-order chi connectivity index (χ0) is 31.9. The van der Waals surface area contributed by atoms with E-state index in [1.807, 2.05) is 0 Å². The Morgan fingerprint density at radius 3 is 2.35 bits per heavy atom. The molecule has 0 radical (unpaired) electrons. The van der Waals surface area contributed by atoms with Crippen LogP contribution in [0, 0.1) is 5.41 Å². The minimum Gasteiger partial charge on any atom is -0.487 e. The summed E-state index contributed by atoms with van der Waals surface area (Å²) >= 11 is 12.9. The van der Waals surface area contributed by atoms with Gasteiger partial charge in [0.2, 0.25) is 5.91 Å². The fraction of sp³-hybridized carbons (Fsp3) is 0.423. The fourth-order valence-corrected chi connectivity index (χ4v) is 4.94. The molecule has 43 heavy (non-hydrogen) atoms. The maximum atomic E-state index is 13.3. The molecule has 1 saturated carbocycles. The minimum absolute atomic E-state index is 0.0462. The topological polar surface area (TPSA) is 85.2 Å². The number of hydrogen-bond acceptors (Lipinski definition) is 4. The second-order valence-corrected chi connectivity index (χ2v) is 10.6. The molecule has 0 aliphatic heterocycles. The highest BCUT2D eigenvalue weighted by atomic mass is 35.5. The van der Waals surface area contributed by atoms with Crippen LogP contribution in [0.25, 0.3) is 11.0 Å². The minimum atomic E-state index is -4.73. The fourth-order valence-electron chi connectivity index (χ4n) is 4.36. The van der Waals surface area contributed by atoms with Gasteiger partial charge in [-0.25, -0.2) is 13.8 Å². The number of rotatable bonds is 10. The number of hydrogen-bond donors (Lipinski definition) is 2. The number of carbonyl (C=O) groups excluding carboxylic acids is 2. The molecule has 4 rings (SSSR count). The van der Waals surface area contributed by atoms with Crippen molar-refractivity contribution in [3.05, 3.63) is 56.8 Å². The van der Waals surface area contributed by atoms with Gasteiger partial charge in [-0.15, -0.1) is 0 Å². The summed E-state index contributed by atoms with van der Waals surface area (Å²) in [5.41, 5.74) is -1.92. The summed E-state index contributed by atoms with van der Waals surface area (Å²) in [6.07, 6.45) is -13.0. The number of alkyl halides is 8. The zero-order valence-corrected chi connectivity index (χ0v) is 23.5. The van der Waals surface area contributed by atoms with Crippen molar-refractivity contribution in [3.63, 3.8) is 0 Å². The zero-order valence-electron chi connectivity index (χ0n) is 22.0. The number of aryl methyl sites for hydroxylation is 1. The summed E-state index contributed by atoms with van der Waals surface area (Å²) < 4.78 is 110. The van der Waals surface area contributed by atoms with E-state index in [4.69, 9.17) is 27.9 Å². The molecule has 2 aromatic carbocycles. The Morgan fingerprint density at radius 1 is 1.09 bits per heavy atom. The van der Waals surface area contributed by atoms with E-state index in [-0.39, 0.29) is 58.3 Å². The number of halogens is 10. The Hall–Kier alpha value is -3.33. The summed E-state index contributed by atoms with van der Waals surface area (Å²) in [6.45, 7) is -3.12. The molecular formula is C26H22Cl2F8N4O3. The lowest BCUT2D eigenvalue weighted by molar-refractivity contribution is -0.192. The monoisotopic (exact) mass is 660 g/mol. The van der Waals surface area contributed by atoms with Crippen molar-refractivity contribution in [1.29, 1.82) is 0 Å². The number of carbonyl (C=O) groups is 2. The van der Waals surface area contributed by atoms with E-state index in [0.717, 1.165) is 6.07 Å². The van der Waals surface area contributed by atoms with Crippen LogP contribution in [-0.4, -0.2) is 53.3 Å². The van der Waals surface area contributed by atoms with Crippen molar-refractivity contribution in [2.75, 3.05) is 13.2 Å². The number of fused-ring (bicyclic) bond motifs is 1. The van der Waals surface area contributed by atoms with E-state index in [2.05, 4.69) is 10.3 Å². The molecule has 0 atom stereocenters. The molecule has 0 spiro atoms. The number of imidazole rings is 1. The predicted molar refractivity (Wildman–Crippen MR) is 139 cm³/mol. The molecule has 234 valence electrons. The lowest BCUT2D eigenvalue weighted by Gasteiger charge is -2.19. The smallest absolute Gasteiger partial charge is 0.405 e. The van der Waals surface area contributed by atoms with Crippen molar-refractivity contribution in [3.8, 4) is 5.75 Å². The molecule has 0 bridgehead atoms. The van der Waals surface area contributed by atoms with E-state index in [1.165, 1.54) is 29.8 Å². The Bertz CT molecular complexity index is 1550. The summed E-state index contributed by atoms with van der Waals surface area (Å²) in [5.74, 6) is -2.53. The molecule has 0 saturated heterocycles. The molecule has 17 heteroatoms. The number of benzene rings is 2. The van der Waals surface area contributed by atoms with Crippen LogP contribution in [0.4, 0.5) is 35.1 Å². The van der Waals surface area contributed by atoms with Crippen molar-refractivity contribution < 1.29 is 49.4 Å². The quantitative estimate of drug-likeness (QED) is 0.248. The molecule has 7 nitrogen and oxygen atoms in total. The summed E-state index contributed by atoms with van der Waals surface area (Å²) in [6, 6.07) is 5.15. The standard InChI is InChI=1S/C26H22Cl2F8N4O3/c1-40-17-8-18(43-10-19(29)30)14(22(41)38-11-25(31,32)33)6-16(17)39-20(40)7-13-15(27)3-2-12(21(13)28)9-37-23(42)24(4-5-24)26(34,35)36/h2-3,6,8,19H,4-5,7,9-11H2,1H3,(H,37,42)(H,38,41). The highest BCUT2D eigenvalue weighted by Crippen LogP contribution is 2.57. The average Bonchev–Trinajstić information content (AvgIpc) is 3.68. The second kappa shape index (κ2) is 12.0. The number of nitrogens with zero attached hydrogens (tertiary/aromatic N) is 2. The van der Waals surface area contributed by atoms with Crippen LogP contribution in [-0.2, 0) is 24.8 Å². The maximum Gasteiger partial charge on any atom is 0.405 e. The molecule has 1 aromatic heterocycles. The maximum absolute atomic E-state index is 13.3. The van der Waals surface area contributed by atoms with Crippen LogP contribution in [0.2, 0.25) is 10.0 Å². The SMILES string of the molecule is Cn1c(Cc2c(Cl)ccc(CNC(=O)C3(C(F)(F)F)CC3)c2Cl)nc2cc(C(=O)NCC(F)(F)F)c(OCC(F)F)cc21. The summed E-state index contributed by atoms with van der Waals surface area (Å²) in [5, 5.41) is 4.14. The van der Waals surface area contributed by atoms with E-state index in [0.29, 0.717) is 5.56 Å². The van der Waals surface area contributed by atoms with Crippen LogP contribution >= 0.6 is 23.2 Å². The van der Waals surface area contributed by atoms with Gasteiger partial charge in [0.25, 0.3) is 12.3 Å². The first-order valence-corrected chi connectivity index (χ1v) is 13.2. The normalized spacial score (nSPS) is 14.7. The highest BCUT2D eigenvalue weighted by Gasteiger charge is 2.68. The number of aromatic nitrogens is 2. The Morgan fingerprint density at radius 2 is 1.77 bits per heavy atom. The van der Waals surface area contributed by atoms with Crippen molar-refractivity contribution in [1.82, 2.24) is 20.2 Å². The first kappa shape index (κ1) is 32.6. The molecule has 1 aliphatic rings. The Balaban J connectivity index is 1.62. The van der Waals surface area contributed by atoms with Crippen LogP contribution < -0.4 is 15.4 Å². The van der Waals surface area contributed by atoms with Crippen LogP contribution in [0.5, 0.6) is 5.75 Å². The summed E-state index contributed by atoms with van der Waals surface area (Å²) in [7, 11) is 1.53. The van der Waals surface area contributed by atoms with Crippen LogP contribution in [0.3, 0.4) is 0 Å². The van der Waals surface area contributed by atoms with Gasteiger partial charge in [0.1, 0.15) is 30.1 Å². The van der Waals surface area contributed by atoms with Crippen LogP contribution in [0.1, 0.15) is 40.2 Å². The lowest BCUT2D eigenvalue weighted by Crippen LogP contribution is -2.41. The largest absolute Gasteiger partial charge is 0.487 e. The Labute approximate surface area is 248 Å². The lowest BCUT2D eigenvalue weighted by atomic mass is 10.0. The van der Waals surface area contributed by atoms with Crippen molar-refractivity contribution >= 4 is 46.0 Å². The van der Waals surface area contributed by atoms with Gasteiger partial charge in [0, 0.05) is 31.1 Å². The third-order valence-corrected chi connectivity index (χ3v) is 7.73. The second-order valence-electron chi connectivity index (χ2n) is 9.86. The van der Waals surface area contributed by atoms with Gasteiger partial charge in [-0.05, 0) is 36.1 Å². The van der Waals surface area contributed by atoms with Crippen LogP contribution in [0.15, 0.2) is 24.3 Å². The first-order valence-electron chi connectivity index (χ1n) is 12.5. The molecule has 2 amide bonds. The highest BCUT2D eigenvalue weighted by molar-refractivity contribution is 6.36. The van der Waals surface area contributed by atoms with Gasteiger partial charge < -0.3 is 19.9 Å². The van der Waals surface area contributed by atoms with Gasteiger partial charge in [0.05, 0.1) is 21.6 Å². The molecular weight excluding hydrogens is 639 g/mol. The molecule has 3 aromatic rings. The number of amides is 2. The van der Waals surface area contributed by atoms with Gasteiger partial charge in [-0.1, -0.05) is 29.3 Å². The third-order valence-electron chi connectivity index (χ3n) is 6.90. The van der Waals surface area contributed by atoms with Crippen molar-refractivity contribution in [2.24, 2.45) is 12.5 Å². The van der Waals surface area contributed by atoms with E-state index in [9.17, 15) is 44.7 Å². The molecule has 1 fully saturated rings. The molecule has 1 aliphatic carbocycles. The number of nitrogens with one attached hydrogen (secondary N) is 2. The van der Waals surface area contributed by atoms with Gasteiger partial charge in [-0.2, -0.15) is 26.3 Å². The molecule has 0 unspecified atom stereocenters. The first-order chi connectivity index (χ1) is 19.9. The van der Waals surface area contributed by atoms with E-state index >= 15 is 0 Å². The number of ether oxygens (including phenoxy) is 1. The van der Waals surface area contributed by atoms with Gasteiger partial charge >= 0.3 is 12.4 Å². The third kappa shape index (κ3) is 7.08. The molecule has 2 N–H and O–H groups in total. The average molecular weight is 661 g/mol. The predicted octanol–water partition coefficient (Wildman–Crippen LogP) is 6.37. The van der Waals surface area contributed by atoms with Crippen molar-refractivity contribution in [2.45, 2.75) is 44.6 Å². The summed E-state index contributed by atoms with van der Waals surface area (Å²) in [4.78, 5) is 29.2. The van der Waals surface area contributed by atoms with E-state index in [1.54, 1.807) is 5.32 Å².